The van der Waals surface area contributed by atoms with Crippen molar-refractivity contribution in [3.05, 3.63) is 62.5 Å². The van der Waals surface area contributed by atoms with Crippen LogP contribution in [0.25, 0.3) is 0 Å². The van der Waals surface area contributed by atoms with Crippen LogP contribution < -0.4 is 11.1 Å². The highest BCUT2D eigenvalue weighted by Gasteiger charge is 2.24. The summed E-state index contributed by atoms with van der Waals surface area (Å²) in [6.07, 6.45) is 0. The van der Waals surface area contributed by atoms with E-state index >= 15 is 0 Å². The molecule has 0 aliphatic heterocycles. The van der Waals surface area contributed by atoms with Crippen molar-refractivity contribution in [1.29, 1.82) is 0 Å². The first-order chi connectivity index (χ1) is 9.79. The first-order valence-electron chi connectivity index (χ1n) is 6.43. The van der Waals surface area contributed by atoms with Gasteiger partial charge in [-0.05, 0) is 65.7 Å². The average molecular weight is 412 g/mol. The highest BCUT2D eigenvalue weighted by molar-refractivity contribution is 9.10. The fraction of sp³-hybridized carbons (Fsp3) is 0.188. The number of carbonyl (C=O) groups is 1. The van der Waals surface area contributed by atoms with E-state index in [2.05, 4.69) is 37.2 Å². The fourth-order valence-corrected chi connectivity index (χ4v) is 2.70. The van der Waals surface area contributed by atoms with Gasteiger partial charge in [-0.3, -0.25) is 4.79 Å². The molecule has 0 heterocycles. The number of hydrogen-bond donors (Lipinski definition) is 2. The number of nitrogen functional groups attached to an aromatic ring is 1. The molecule has 0 aliphatic carbocycles. The third-order valence-electron chi connectivity index (χ3n) is 3.23. The predicted octanol–water partition coefficient (Wildman–Crippen LogP) is 4.46. The van der Waals surface area contributed by atoms with Gasteiger partial charge in [-0.2, -0.15) is 0 Å². The monoisotopic (exact) mass is 410 g/mol. The van der Waals surface area contributed by atoms with Crippen molar-refractivity contribution in [2.75, 3.05) is 5.73 Å². The number of halogens is 2. The number of rotatable bonds is 3. The lowest BCUT2D eigenvalue weighted by Crippen LogP contribution is -2.41. The number of nitrogens with one attached hydrogen (secondary N) is 1. The zero-order valence-electron chi connectivity index (χ0n) is 11.8. The van der Waals surface area contributed by atoms with Gasteiger partial charge < -0.3 is 11.1 Å². The Bertz CT molecular complexity index is 666. The quantitative estimate of drug-likeness (QED) is 0.732. The standard InChI is InChI=1S/C16H16Br2N2O/c1-16(2,10-3-5-11(17)6-4-10)20-15(21)13-9-12(19)7-8-14(13)18/h3-9H,19H2,1-2H3,(H,20,21). The molecule has 0 saturated heterocycles. The summed E-state index contributed by atoms with van der Waals surface area (Å²) < 4.78 is 1.73. The summed E-state index contributed by atoms with van der Waals surface area (Å²) in [7, 11) is 0. The second kappa shape index (κ2) is 6.20. The van der Waals surface area contributed by atoms with Gasteiger partial charge in [0, 0.05) is 14.6 Å². The average Bonchev–Trinajstić information content (AvgIpc) is 2.41. The molecule has 0 saturated carbocycles. The predicted molar refractivity (Wildman–Crippen MR) is 93.2 cm³/mol. The molecule has 110 valence electrons. The van der Waals surface area contributed by atoms with Crippen molar-refractivity contribution in [3.8, 4) is 0 Å². The lowest BCUT2D eigenvalue weighted by molar-refractivity contribution is 0.0911. The summed E-state index contributed by atoms with van der Waals surface area (Å²) in [4.78, 5) is 12.5. The van der Waals surface area contributed by atoms with Gasteiger partial charge in [0.25, 0.3) is 5.91 Å². The minimum absolute atomic E-state index is 0.165. The van der Waals surface area contributed by atoms with Crippen molar-refractivity contribution in [3.63, 3.8) is 0 Å². The highest BCUT2D eigenvalue weighted by Crippen LogP contribution is 2.25. The molecule has 5 heteroatoms. The number of carbonyl (C=O) groups excluding carboxylic acids is 1. The van der Waals surface area contributed by atoms with Gasteiger partial charge in [0.1, 0.15) is 0 Å². The summed E-state index contributed by atoms with van der Waals surface area (Å²) in [5.41, 5.74) is 7.38. The molecule has 2 rings (SSSR count). The van der Waals surface area contributed by atoms with E-state index in [0.717, 1.165) is 14.5 Å². The zero-order chi connectivity index (χ0) is 15.6. The highest BCUT2D eigenvalue weighted by atomic mass is 79.9. The molecule has 0 aromatic heterocycles. The molecule has 0 atom stereocenters. The van der Waals surface area contributed by atoms with E-state index < -0.39 is 5.54 Å². The van der Waals surface area contributed by atoms with Gasteiger partial charge in [-0.25, -0.2) is 0 Å². The van der Waals surface area contributed by atoms with E-state index in [4.69, 9.17) is 5.73 Å². The Hall–Kier alpha value is -1.33. The van der Waals surface area contributed by atoms with Crippen LogP contribution >= 0.6 is 31.9 Å². The summed E-state index contributed by atoms with van der Waals surface area (Å²) >= 11 is 6.79. The van der Waals surface area contributed by atoms with Crippen LogP contribution in [0.5, 0.6) is 0 Å². The Kier molecular flexibility index (Phi) is 4.74. The van der Waals surface area contributed by atoms with Crippen LogP contribution in [0.15, 0.2) is 51.4 Å². The van der Waals surface area contributed by atoms with Gasteiger partial charge in [-0.1, -0.05) is 28.1 Å². The SMILES string of the molecule is CC(C)(NC(=O)c1cc(N)ccc1Br)c1ccc(Br)cc1. The number of anilines is 1. The molecule has 0 bridgehead atoms. The maximum atomic E-state index is 12.5. The number of benzene rings is 2. The van der Waals surface area contributed by atoms with Crippen molar-refractivity contribution in [2.45, 2.75) is 19.4 Å². The molecule has 2 aromatic rings. The normalized spacial score (nSPS) is 11.2. The first-order valence-corrected chi connectivity index (χ1v) is 8.02. The van der Waals surface area contributed by atoms with E-state index in [1.807, 2.05) is 38.1 Å². The third-order valence-corrected chi connectivity index (χ3v) is 4.45. The molecule has 21 heavy (non-hydrogen) atoms. The number of amides is 1. The van der Waals surface area contributed by atoms with Gasteiger partial charge >= 0.3 is 0 Å². The van der Waals surface area contributed by atoms with Gasteiger partial charge in [0.05, 0.1) is 11.1 Å². The van der Waals surface area contributed by atoms with Crippen LogP contribution in [0.3, 0.4) is 0 Å². The minimum Gasteiger partial charge on any atom is -0.399 e. The van der Waals surface area contributed by atoms with Gasteiger partial charge in [0.15, 0.2) is 0 Å². The maximum Gasteiger partial charge on any atom is 0.253 e. The lowest BCUT2D eigenvalue weighted by atomic mass is 9.94. The third kappa shape index (κ3) is 3.86. The molecule has 0 spiro atoms. The van der Waals surface area contributed by atoms with Crippen LogP contribution in [0.2, 0.25) is 0 Å². The van der Waals surface area contributed by atoms with Crippen molar-refractivity contribution in [2.24, 2.45) is 0 Å². The summed E-state index contributed by atoms with van der Waals surface area (Å²) in [6, 6.07) is 13.1. The minimum atomic E-state index is -0.484. The van der Waals surface area contributed by atoms with Gasteiger partial charge in [-0.15, -0.1) is 0 Å². The number of nitrogens with two attached hydrogens (primary N) is 1. The van der Waals surface area contributed by atoms with E-state index in [-0.39, 0.29) is 5.91 Å². The van der Waals surface area contributed by atoms with Crippen molar-refractivity contribution < 1.29 is 4.79 Å². The fourth-order valence-electron chi connectivity index (χ4n) is 2.01. The molecule has 0 aliphatic rings. The van der Waals surface area contributed by atoms with E-state index in [0.29, 0.717) is 11.3 Å². The van der Waals surface area contributed by atoms with Crippen LogP contribution in [0.4, 0.5) is 5.69 Å². The zero-order valence-corrected chi connectivity index (χ0v) is 15.0. The van der Waals surface area contributed by atoms with Crippen LogP contribution in [0.1, 0.15) is 29.8 Å². The molecule has 2 aromatic carbocycles. The molecule has 3 N–H and O–H groups in total. The van der Waals surface area contributed by atoms with Crippen LogP contribution in [-0.2, 0) is 5.54 Å². The van der Waals surface area contributed by atoms with Gasteiger partial charge in [0.2, 0.25) is 0 Å². The molecule has 1 amide bonds. The smallest absolute Gasteiger partial charge is 0.253 e. The Morgan fingerprint density at radius 3 is 2.33 bits per heavy atom. The molecule has 0 radical (unpaired) electrons. The Morgan fingerprint density at radius 2 is 1.71 bits per heavy atom. The topological polar surface area (TPSA) is 55.1 Å². The second-order valence-corrected chi connectivity index (χ2v) is 7.10. The van der Waals surface area contributed by atoms with Crippen LogP contribution in [0, 0.1) is 0 Å². The molecule has 3 nitrogen and oxygen atoms in total. The summed E-state index contributed by atoms with van der Waals surface area (Å²) in [5, 5.41) is 3.04. The molecular formula is C16H16Br2N2O. The van der Waals surface area contributed by atoms with Crippen molar-refractivity contribution in [1.82, 2.24) is 5.32 Å². The lowest BCUT2D eigenvalue weighted by Gasteiger charge is -2.27. The largest absolute Gasteiger partial charge is 0.399 e. The van der Waals surface area contributed by atoms with Crippen LogP contribution in [-0.4, -0.2) is 5.91 Å². The Morgan fingerprint density at radius 1 is 1.10 bits per heavy atom. The van der Waals surface area contributed by atoms with Crippen molar-refractivity contribution >= 4 is 43.5 Å². The Labute approximate surface area is 141 Å². The molecule has 0 fully saturated rings. The second-order valence-electron chi connectivity index (χ2n) is 5.33. The van der Waals surface area contributed by atoms with E-state index in [9.17, 15) is 4.79 Å². The van der Waals surface area contributed by atoms with E-state index in [1.54, 1.807) is 18.2 Å². The molecular weight excluding hydrogens is 396 g/mol. The maximum absolute atomic E-state index is 12.5. The summed E-state index contributed by atoms with van der Waals surface area (Å²) in [6.45, 7) is 3.93. The Balaban J connectivity index is 2.25. The number of hydrogen-bond acceptors (Lipinski definition) is 2. The van der Waals surface area contributed by atoms with E-state index in [1.165, 1.54) is 0 Å². The molecule has 0 unspecified atom stereocenters. The summed E-state index contributed by atoms with van der Waals surface area (Å²) in [5.74, 6) is -0.165. The first kappa shape index (κ1) is 16.0.